The molecule has 0 saturated heterocycles. The molecular formula is C28H23FN8O2. The first kappa shape index (κ1) is 24.2. The van der Waals surface area contributed by atoms with Gasteiger partial charge >= 0.3 is 0 Å². The van der Waals surface area contributed by atoms with Gasteiger partial charge in [0, 0.05) is 31.0 Å². The summed E-state index contributed by atoms with van der Waals surface area (Å²) in [7, 11) is 0. The van der Waals surface area contributed by atoms with Crippen molar-refractivity contribution >= 4 is 39.7 Å². The van der Waals surface area contributed by atoms with E-state index in [4.69, 9.17) is 9.72 Å². The van der Waals surface area contributed by atoms with Crippen molar-refractivity contribution in [2.24, 2.45) is 0 Å². The van der Waals surface area contributed by atoms with E-state index in [9.17, 15) is 9.18 Å². The van der Waals surface area contributed by atoms with Gasteiger partial charge in [0.1, 0.15) is 29.7 Å². The number of carbonyl (C=O) groups excluding carboxylic acids is 1. The van der Waals surface area contributed by atoms with Crippen LogP contribution in [0.15, 0.2) is 79.8 Å². The number of ether oxygens (including phenoxy) is 1. The Morgan fingerprint density at radius 1 is 1.10 bits per heavy atom. The van der Waals surface area contributed by atoms with Gasteiger partial charge in [-0.25, -0.2) is 28.8 Å². The average molecular weight is 523 g/mol. The van der Waals surface area contributed by atoms with Gasteiger partial charge in [0.15, 0.2) is 17.3 Å². The first-order valence-corrected chi connectivity index (χ1v) is 12.2. The lowest BCUT2D eigenvalue weighted by atomic mass is 10.0. The molecular weight excluding hydrogens is 499 g/mol. The van der Waals surface area contributed by atoms with E-state index in [0.29, 0.717) is 53.5 Å². The average Bonchev–Trinajstić information content (AvgIpc) is 3.42. The van der Waals surface area contributed by atoms with Crippen molar-refractivity contribution in [3.05, 3.63) is 91.1 Å². The Morgan fingerprint density at radius 3 is 2.79 bits per heavy atom. The highest BCUT2D eigenvalue weighted by atomic mass is 19.1. The summed E-state index contributed by atoms with van der Waals surface area (Å²) in [5, 5.41) is 7.45. The molecule has 1 amide bonds. The van der Waals surface area contributed by atoms with Crippen LogP contribution >= 0.6 is 0 Å². The summed E-state index contributed by atoms with van der Waals surface area (Å²) in [5.74, 6) is 0.308. The molecule has 194 valence electrons. The predicted molar refractivity (Wildman–Crippen MR) is 144 cm³/mol. The molecule has 5 aromatic rings. The van der Waals surface area contributed by atoms with Crippen LogP contribution in [0.2, 0.25) is 0 Å². The number of rotatable bonds is 6. The standard InChI is InChI=1S/C28H23FN8O2/c1-17-13-20(3-6-24(17)39-21-9-12-37-25(14-21)31-16-33-37)34-27-26-23(30-15-32-27)5-4-22(35-26)19-7-10-36(11-8-19)28(38)18(2)29/h3-7,9,12-16H,2,8,10-11H2,1H3,(H,30,32,34). The lowest BCUT2D eigenvalue weighted by Gasteiger charge is -2.25. The number of aromatic nitrogens is 6. The lowest BCUT2D eigenvalue weighted by molar-refractivity contribution is -0.128. The maximum Gasteiger partial charge on any atom is 0.282 e. The van der Waals surface area contributed by atoms with Crippen molar-refractivity contribution in [3.8, 4) is 11.5 Å². The number of pyridine rings is 2. The largest absolute Gasteiger partial charge is 0.457 e. The van der Waals surface area contributed by atoms with Gasteiger partial charge in [-0.2, -0.15) is 5.10 Å². The molecule has 1 aliphatic heterocycles. The van der Waals surface area contributed by atoms with Gasteiger partial charge in [-0.3, -0.25) is 4.79 Å². The summed E-state index contributed by atoms with van der Waals surface area (Å²) >= 11 is 0. The van der Waals surface area contributed by atoms with E-state index in [1.54, 1.807) is 10.7 Å². The fourth-order valence-corrected chi connectivity index (χ4v) is 4.43. The summed E-state index contributed by atoms with van der Waals surface area (Å²) in [6.45, 7) is 5.76. The molecule has 0 atom stereocenters. The summed E-state index contributed by atoms with van der Waals surface area (Å²) in [6.07, 6.45) is 7.22. The third-order valence-corrected chi connectivity index (χ3v) is 6.46. The number of nitrogens with zero attached hydrogens (tertiary/aromatic N) is 7. The van der Waals surface area contributed by atoms with Crippen LogP contribution in [-0.2, 0) is 4.79 Å². The smallest absolute Gasteiger partial charge is 0.282 e. The fraction of sp³-hybridized carbons (Fsp3) is 0.143. The number of anilines is 2. The highest BCUT2D eigenvalue weighted by Gasteiger charge is 2.21. The number of benzene rings is 1. The zero-order valence-electron chi connectivity index (χ0n) is 21.0. The zero-order valence-corrected chi connectivity index (χ0v) is 21.0. The van der Waals surface area contributed by atoms with Gasteiger partial charge in [-0.05, 0) is 60.9 Å². The Hall–Kier alpha value is -5.19. The van der Waals surface area contributed by atoms with Crippen molar-refractivity contribution in [2.75, 3.05) is 18.4 Å². The van der Waals surface area contributed by atoms with Crippen molar-refractivity contribution in [1.29, 1.82) is 0 Å². The third kappa shape index (κ3) is 4.89. The number of fused-ring (bicyclic) bond motifs is 2. The lowest BCUT2D eigenvalue weighted by Crippen LogP contribution is -2.34. The Kier molecular flexibility index (Phi) is 6.16. The molecule has 6 rings (SSSR count). The van der Waals surface area contributed by atoms with Crippen LogP contribution in [0.1, 0.15) is 17.7 Å². The highest BCUT2D eigenvalue weighted by molar-refractivity contribution is 5.91. The molecule has 39 heavy (non-hydrogen) atoms. The number of hydrogen-bond donors (Lipinski definition) is 1. The minimum atomic E-state index is -0.952. The van der Waals surface area contributed by atoms with E-state index >= 15 is 0 Å². The van der Waals surface area contributed by atoms with Crippen LogP contribution in [0.4, 0.5) is 15.9 Å². The maximum atomic E-state index is 13.2. The van der Waals surface area contributed by atoms with Gasteiger partial charge in [0.2, 0.25) is 0 Å². The van der Waals surface area contributed by atoms with Crippen molar-refractivity contribution in [1.82, 2.24) is 34.4 Å². The molecule has 0 bridgehead atoms. The minimum Gasteiger partial charge on any atom is -0.457 e. The predicted octanol–water partition coefficient (Wildman–Crippen LogP) is 5.01. The Bertz CT molecular complexity index is 1780. The monoisotopic (exact) mass is 522 g/mol. The topological polar surface area (TPSA) is 110 Å². The molecule has 0 fully saturated rings. The molecule has 0 unspecified atom stereocenters. The minimum absolute atomic E-state index is 0.299. The molecule has 0 aliphatic carbocycles. The molecule has 0 saturated carbocycles. The van der Waals surface area contributed by atoms with Gasteiger partial charge in [-0.15, -0.1) is 0 Å². The quantitative estimate of drug-likeness (QED) is 0.310. The second-order valence-electron chi connectivity index (χ2n) is 9.05. The maximum absolute atomic E-state index is 13.2. The van der Waals surface area contributed by atoms with Crippen molar-refractivity contribution in [2.45, 2.75) is 13.3 Å². The Balaban J connectivity index is 1.23. The van der Waals surface area contributed by atoms with Gasteiger partial charge in [-0.1, -0.05) is 12.7 Å². The summed E-state index contributed by atoms with van der Waals surface area (Å²) in [4.78, 5) is 31.1. The van der Waals surface area contributed by atoms with E-state index in [2.05, 4.69) is 31.9 Å². The van der Waals surface area contributed by atoms with Crippen LogP contribution in [0.5, 0.6) is 11.5 Å². The summed E-state index contributed by atoms with van der Waals surface area (Å²) < 4.78 is 21.0. The molecule has 0 radical (unpaired) electrons. The Morgan fingerprint density at radius 2 is 2.00 bits per heavy atom. The van der Waals surface area contributed by atoms with E-state index in [-0.39, 0.29) is 0 Å². The van der Waals surface area contributed by atoms with E-state index in [1.807, 2.05) is 55.5 Å². The normalized spacial score (nSPS) is 13.4. The number of nitrogens with one attached hydrogen (secondary N) is 1. The van der Waals surface area contributed by atoms with Gasteiger partial charge in [0.25, 0.3) is 5.91 Å². The number of carbonyl (C=O) groups is 1. The molecule has 10 nitrogen and oxygen atoms in total. The molecule has 5 heterocycles. The van der Waals surface area contributed by atoms with Crippen LogP contribution in [0.25, 0.3) is 22.3 Å². The fourth-order valence-electron chi connectivity index (χ4n) is 4.43. The van der Waals surface area contributed by atoms with E-state index in [0.717, 1.165) is 22.5 Å². The second kappa shape index (κ2) is 9.93. The molecule has 1 N–H and O–H groups in total. The SMILES string of the molecule is C=C(F)C(=O)N1CC=C(c2ccc3ncnc(Nc4ccc(Oc5ccn6ncnc6c5)c(C)c4)c3n2)CC1. The molecule has 11 heteroatoms. The first-order chi connectivity index (χ1) is 18.9. The molecule has 4 aromatic heterocycles. The summed E-state index contributed by atoms with van der Waals surface area (Å²) in [5.41, 5.74) is 5.49. The number of hydrogen-bond acceptors (Lipinski definition) is 8. The zero-order chi connectivity index (χ0) is 26.9. The molecule has 1 aromatic carbocycles. The van der Waals surface area contributed by atoms with Crippen LogP contribution < -0.4 is 10.1 Å². The van der Waals surface area contributed by atoms with Gasteiger partial charge in [0.05, 0.1) is 11.2 Å². The Labute approximate surface area is 222 Å². The van der Waals surface area contributed by atoms with E-state index in [1.165, 1.54) is 17.6 Å². The number of halogens is 1. The summed E-state index contributed by atoms with van der Waals surface area (Å²) in [6, 6.07) is 13.2. The first-order valence-electron chi connectivity index (χ1n) is 12.2. The second-order valence-corrected chi connectivity index (χ2v) is 9.05. The van der Waals surface area contributed by atoms with Gasteiger partial charge < -0.3 is 15.0 Å². The highest BCUT2D eigenvalue weighted by Crippen LogP contribution is 2.30. The van der Waals surface area contributed by atoms with Crippen LogP contribution in [-0.4, -0.2) is 53.4 Å². The van der Waals surface area contributed by atoms with Crippen molar-refractivity contribution in [3.63, 3.8) is 0 Å². The molecule has 0 spiro atoms. The molecule has 1 aliphatic rings. The number of aryl methyl sites for hydroxylation is 1. The van der Waals surface area contributed by atoms with Crippen LogP contribution in [0, 0.1) is 6.92 Å². The van der Waals surface area contributed by atoms with Crippen LogP contribution in [0.3, 0.4) is 0 Å². The van der Waals surface area contributed by atoms with E-state index < -0.39 is 11.7 Å². The van der Waals surface area contributed by atoms with Crippen molar-refractivity contribution < 1.29 is 13.9 Å². The third-order valence-electron chi connectivity index (χ3n) is 6.46. The number of amides is 1.